The molecule has 0 fully saturated rings. The first-order chi connectivity index (χ1) is 9.56. The summed E-state index contributed by atoms with van der Waals surface area (Å²) >= 11 is 4.98. The van der Waals surface area contributed by atoms with E-state index in [1.807, 2.05) is 43.3 Å². The Kier molecular flexibility index (Phi) is 5.26. The Balaban J connectivity index is 1.94. The number of anilines is 1. The molecule has 0 atom stereocenters. The van der Waals surface area contributed by atoms with Gasteiger partial charge in [0.1, 0.15) is 0 Å². The second-order valence-corrected chi connectivity index (χ2v) is 6.49. The molecule has 2 rings (SSSR count). The highest BCUT2D eigenvalue weighted by Crippen LogP contribution is 2.23. The van der Waals surface area contributed by atoms with Gasteiger partial charge in [-0.1, -0.05) is 34.1 Å². The molecule has 0 aliphatic heterocycles. The van der Waals surface area contributed by atoms with Crippen LogP contribution in [0.25, 0.3) is 0 Å². The minimum Gasteiger partial charge on any atom is -0.325 e. The monoisotopic (exact) mass is 349 g/mol. The van der Waals surface area contributed by atoms with Crippen LogP contribution >= 0.6 is 27.7 Å². The van der Waals surface area contributed by atoms with Gasteiger partial charge in [-0.3, -0.25) is 4.79 Å². The highest BCUT2D eigenvalue weighted by atomic mass is 79.9. The first-order valence-corrected chi connectivity index (χ1v) is 8.08. The number of carbonyl (C=O) groups is 1. The van der Waals surface area contributed by atoms with E-state index in [0.29, 0.717) is 5.75 Å². The van der Waals surface area contributed by atoms with E-state index in [1.165, 1.54) is 5.56 Å². The molecular weight excluding hydrogens is 334 g/mol. The average Bonchev–Trinajstić information content (AvgIpc) is 2.41. The lowest BCUT2D eigenvalue weighted by atomic mass is 10.2. The average molecular weight is 350 g/mol. The van der Waals surface area contributed by atoms with Gasteiger partial charge in [0.2, 0.25) is 5.91 Å². The number of aryl methyl sites for hydroxylation is 2. The van der Waals surface area contributed by atoms with E-state index in [2.05, 4.69) is 34.2 Å². The number of carbonyl (C=O) groups excluding carboxylic acids is 1. The molecule has 0 unspecified atom stereocenters. The molecule has 0 aliphatic rings. The smallest absolute Gasteiger partial charge is 0.234 e. The Morgan fingerprint density at radius 1 is 1.15 bits per heavy atom. The molecular formula is C16H16BrNOS. The quantitative estimate of drug-likeness (QED) is 0.803. The maximum Gasteiger partial charge on any atom is 0.234 e. The number of halogens is 1. The van der Waals surface area contributed by atoms with Crippen LogP contribution in [0.1, 0.15) is 11.1 Å². The number of rotatable bonds is 4. The van der Waals surface area contributed by atoms with Crippen molar-refractivity contribution in [3.8, 4) is 0 Å². The third kappa shape index (κ3) is 4.12. The fourth-order valence-electron chi connectivity index (χ4n) is 1.82. The van der Waals surface area contributed by atoms with Crippen molar-refractivity contribution >= 4 is 39.3 Å². The minimum absolute atomic E-state index is 0.0173. The molecule has 2 aromatic carbocycles. The zero-order chi connectivity index (χ0) is 14.5. The molecule has 0 radical (unpaired) electrons. The van der Waals surface area contributed by atoms with Gasteiger partial charge >= 0.3 is 0 Å². The molecule has 1 amide bonds. The largest absolute Gasteiger partial charge is 0.325 e. The van der Waals surface area contributed by atoms with E-state index in [9.17, 15) is 4.79 Å². The van der Waals surface area contributed by atoms with Gasteiger partial charge in [0.05, 0.1) is 5.75 Å². The highest BCUT2D eigenvalue weighted by Gasteiger charge is 2.07. The van der Waals surface area contributed by atoms with Crippen LogP contribution in [0.15, 0.2) is 51.8 Å². The fourth-order valence-corrected chi connectivity index (χ4v) is 3.12. The van der Waals surface area contributed by atoms with E-state index >= 15 is 0 Å². The number of hydrogen-bond donors (Lipinski definition) is 1. The van der Waals surface area contributed by atoms with Crippen LogP contribution in [-0.2, 0) is 4.79 Å². The number of benzene rings is 2. The summed E-state index contributed by atoms with van der Waals surface area (Å²) < 4.78 is 1.02. The van der Waals surface area contributed by atoms with Crippen molar-refractivity contribution < 1.29 is 4.79 Å². The third-order valence-corrected chi connectivity index (χ3v) is 4.58. The van der Waals surface area contributed by atoms with Crippen LogP contribution in [0.5, 0.6) is 0 Å². The molecule has 0 saturated heterocycles. The third-order valence-electron chi connectivity index (χ3n) is 2.91. The lowest BCUT2D eigenvalue weighted by Gasteiger charge is -2.09. The predicted molar refractivity (Wildman–Crippen MR) is 89.4 cm³/mol. The second kappa shape index (κ2) is 6.95. The summed E-state index contributed by atoms with van der Waals surface area (Å²) in [5.41, 5.74) is 3.11. The molecule has 4 heteroatoms. The van der Waals surface area contributed by atoms with Gasteiger partial charge in [-0.15, -0.1) is 11.8 Å². The summed E-state index contributed by atoms with van der Waals surface area (Å²) in [6.07, 6.45) is 0. The van der Waals surface area contributed by atoms with Gasteiger partial charge in [0, 0.05) is 15.1 Å². The van der Waals surface area contributed by atoms with Crippen molar-refractivity contribution in [2.24, 2.45) is 0 Å². The molecule has 0 aromatic heterocycles. The van der Waals surface area contributed by atoms with Crippen molar-refractivity contribution in [3.63, 3.8) is 0 Å². The summed E-state index contributed by atoms with van der Waals surface area (Å²) in [4.78, 5) is 13.1. The maximum absolute atomic E-state index is 12.0. The molecule has 2 aromatic rings. The lowest BCUT2D eigenvalue weighted by molar-refractivity contribution is -0.113. The van der Waals surface area contributed by atoms with E-state index in [4.69, 9.17) is 0 Å². The van der Waals surface area contributed by atoms with Crippen LogP contribution in [0.4, 0.5) is 5.69 Å². The molecule has 0 heterocycles. The fraction of sp³-hybridized carbons (Fsp3) is 0.188. The molecule has 2 nitrogen and oxygen atoms in total. The van der Waals surface area contributed by atoms with Crippen molar-refractivity contribution in [1.82, 2.24) is 0 Å². The van der Waals surface area contributed by atoms with Crippen LogP contribution < -0.4 is 5.32 Å². The molecule has 0 bridgehead atoms. The number of amides is 1. The van der Waals surface area contributed by atoms with Crippen LogP contribution in [0.2, 0.25) is 0 Å². The van der Waals surface area contributed by atoms with E-state index in [0.717, 1.165) is 20.6 Å². The van der Waals surface area contributed by atoms with Crippen molar-refractivity contribution in [2.45, 2.75) is 18.7 Å². The van der Waals surface area contributed by atoms with Crippen molar-refractivity contribution in [3.05, 3.63) is 58.1 Å². The zero-order valence-electron chi connectivity index (χ0n) is 11.4. The van der Waals surface area contributed by atoms with Gasteiger partial charge in [-0.2, -0.15) is 0 Å². The Hall–Kier alpha value is -1.26. The molecule has 1 N–H and O–H groups in total. The van der Waals surface area contributed by atoms with E-state index in [1.54, 1.807) is 11.8 Å². The summed E-state index contributed by atoms with van der Waals surface area (Å²) in [5, 5.41) is 2.95. The first-order valence-electron chi connectivity index (χ1n) is 6.30. The Bertz CT molecular complexity index is 628. The van der Waals surface area contributed by atoms with Gasteiger partial charge in [0.25, 0.3) is 0 Å². The first kappa shape index (κ1) is 15.1. The van der Waals surface area contributed by atoms with Gasteiger partial charge < -0.3 is 5.32 Å². The minimum atomic E-state index is 0.0173. The standard InChI is InChI=1S/C16H16BrNOS/c1-11-5-3-4-6-15(11)20-10-16(19)18-14-8-7-13(17)9-12(14)2/h3-9H,10H2,1-2H3,(H,18,19). The van der Waals surface area contributed by atoms with Gasteiger partial charge in [-0.25, -0.2) is 0 Å². The molecule has 104 valence electrons. The van der Waals surface area contributed by atoms with Crippen LogP contribution in [-0.4, -0.2) is 11.7 Å². The van der Waals surface area contributed by atoms with E-state index < -0.39 is 0 Å². The zero-order valence-corrected chi connectivity index (χ0v) is 13.8. The molecule has 0 spiro atoms. The maximum atomic E-state index is 12.0. The highest BCUT2D eigenvalue weighted by molar-refractivity contribution is 9.10. The number of thioether (sulfide) groups is 1. The summed E-state index contributed by atoms with van der Waals surface area (Å²) in [6.45, 7) is 4.04. The van der Waals surface area contributed by atoms with Crippen LogP contribution in [0.3, 0.4) is 0 Å². The van der Waals surface area contributed by atoms with Gasteiger partial charge in [-0.05, 0) is 49.2 Å². The molecule has 0 saturated carbocycles. The number of nitrogens with one attached hydrogen (secondary N) is 1. The van der Waals surface area contributed by atoms with Crippen molar-refractivity contribution in [2.75, 3.05) is 11.1 Å². The molecule has 20 heavy (non-hydrogen) atoms. The Morgan fingerprint density at radius 3 is 2.60 bits per heavy atom. The second-order valence-electron chi connectivity index (χ2n) is 4.56. The Morgan fingerprint density at radius 2 is 1.90 bits per heavy atom. The van der Waals surface area contributed by atoms with Crippen LogP contribution in [0, 0.1) is 13.8 Å². The summed E-state index contributed by atoms with van der Waals surface area (Å²) in [6, 6.07) is 13.9. The number of hydrogen-bond acceptors (Lipinski definition) is 2. The Labute approximate surface area is 132 Å². The normalized spacial score (nSPS) is 10.3. The van der Waals surface area contributed by atoms with Crippen molar-refractivity contribution in [1.29, 1.82) is 0 Å². The summed E-state index contributed by atoms with van der Waals surface area (Å²) in [5.74, 6) is 0.434. The summed E-state index contributed by atoms with van der Waals surface area (Å²) in [7, 11) is 0. The lowest BCUT2D eigenvalue weighted by Crippen LogP contribution is -2.14. The topological polar surface area (TPSA) is 29.1 Å². The predicted octanol–water partition coefficient (Wildman–Crippen LogP) is 4.80. The SMILES string of the molecule is Cc1cc(Br)ccc1NC(=O)CSc1ccccc1C. The van der Waals surface area contributed by atoms with Gasteiger partial charge in [0.15, 0.2) is 0 Å². The molecule has 0 aliphatic carbocycles. The van der Waals surface area contributed by atoms with E-state index in [-0.39, 0.29) is 5.91 Å².